The molecule has 12 nitrogen and oxygen atoms in total. The summed E-state index contributed by atoms with van der Waals surface area (Å²) in [6.07, 6.45) is 1.80. The summed E-state index contributed by atoms with van der Waals surface area (Å²) in [6.45, 7) is 3.36. The summed E-state index contributed by atoms with van der Waals surface area (Å²) in [5.74, 6) is -3.56. The van der Waals surface area contributed by atoms with Crippen molar-refractivity contribution >= 4 is 23.7 Å². The van der Waals surface area contributed by atoms with Gasteiger partial charge < -0.3 is 42.7 Å². The van der Waals surface area contributed by atoms with Gasteiger partial charge in [0, 0.05) is 6.42 Å². The number of carboxylic acid groups (broad SMARTS) is 1. The smallest absolute Gasteiger partial charge is 0.326 e. The van der Waals surface area contributed by atoms with Gasteiger partial charge in [0.05, 0.1) is 6.61 Å². The van der Waals surface area contributed by atoms with Crippen molar-refractivity contribution in [2.24, 2.45) is 17.4 Å². The van der Waals surface area contributed by atoms with Crippen LogP contribution in [0, 0.1) is 5.92 Å². The molecule has 0 bridgehead atoms. The zero-order valence-electron chi connectivity index (χ0n) is 20.8. The summed E-state index contributed by atoms with van der Waals surface area (Å²) in [5.41, 5.74) is 11.7. The molecule has 0 aliphatic rings. The van der Waals surface area contributed by atoms with Gasteiger partial charge in [-0.2, -0.15) is 0 Å². The van der Waals surface area contributed by atoms with Gasteiger partial charge in [-0.3, -0.25) is 14.4 Å². The number of nitrogens with two attached hydrogens (primary N) is 2. The van der Waals surface area contributed by atoms with Crippen LogP contribution in [0.15, 0.2) is 24.3 Å². The standard InChI is InChI=1S/C24H39N5O7/c1-3-14(2)20(29-21(32)17(26)13-30)23(34)27-18(6-4-5-11-25)22(33)28-19(24(35)36)12-15-7-9-16(31)10-8-15/h7-10,14,17-20,30-31H,3-6,11-13,25-26H2,1-2H3,(H,27,34)(H,28,33)(H,29,32)(H,35,36). The predicted octanol–water partition coefficient (Wildman–Crippen LogP) is -1.03. The molecule has 5 unspecified atom stereocenters. The maximum Gasteiger partial charge on any atom is 0.326 e. The van der Waals surface area contributed by atoms with E-state index in [4.69, 9.17) is 16.6 Å². The lowest BCUT2D eigenvalue weighted by molar-refractivity contribution is -0.142. The number of phenolic OH excluding ortho intramolecular Hbond substituents is 1. The molecular formula is C24H39N5O7. The molecule has 3 amide bonds. The number of unbranched alkanes of at least 4 members (excludes halogenated alkanes) is 1. The van der Waals surface area contributed by atoms with Crippen LogP contribution in [-0.2, 0) is 25.6 Å². The monoisotopic (exact) mass is 509 g/mol. The van der Waals surface area contributed by atoms with Crippen LogP contribution in [0.1, 0.15) is 45.1 Å². The molecule has 10 N–H and O–H groups in total. The Hall–Kier alpha value is -3.22. The Balaban J connectivity index is 3.03. The van der Waals surface area contributed by atoms with Gasteiger partial charge >= 0.3 is 5.97 Å². The molecule has 0 aliphatic carbocycles. The highest BCUT2D eigenvalue weighted by Gasteiger charge is 2.32. The van der Waals surface area contributed by atoms with Gasteiger partial charge in [0.1, 0.15) is 29.9 Å². The van der Waals surface area contributed by atoms with Gasteiger partial charge in [0.25, 0.3) is 0 Å². The molecule has 1 aromatic rings. The number of phenols is 1. The first-order valence-electron chi connectivity index (χ1n) is 12.0. The Morgan fingerprint density at radius 1 is 0.944 bits per heavy atom. The topological polar surface area (TPSA) is 217 Å². The largest absolute Gasteiger partial charge is 0.508 e. The molecule has 0 saturated carbocycles. The number of aliphatic hydroxyl groups is 1. The van der Waals surface area contributed by atoms with Crippen LogP contribution in [0.4, 0.5) is 0 Å². The van der Waals surface area contributed by atoms with Crippen LogP contribution < -0.4 is 27.4 Å². The summed E-state index contributed by atoms with van der Waals surface area (Å²) >= 11 is 0. The van der Waals surface area contributed by atoms with E-state index in [1.807, 2.05) is 6.92 Å². The molecule has 36 heavy (non-hydrogen) atoms. The maximum absolute atomic E-state index is 13.1. The minimum atomic E-state index is -1.27. The van der Waals surface area contributed by atoms with Crippen molar-refractivity contribution in [3.8, 4) is 5.75 Å². The number of aliphatic hydroxyl groups excluding tert-OH is 1. The molecule has 0 aliphatic heterocycles. The van der Waals surface area contributed by atoms with Crippen molar-refractivity contribution < 1.29 is 34.5 Å². The van der Waals surface area contributed by atoms with E-state index >= 15 is 0 Å². The van der Waals surface area contributed by atoms with Crippen molar-refractivity contribution in [3.05, 3.63) is 29.8 Å². The van der Waals surface area contributed by atoms with Gasteiger partial charge in [-0.05, 0) is 49.4 Å². The number of hydrogen-bond acceptors (Lipinski definition) is 8. The second kappa shape index (κ2) is 15.7. The van der Waals surface area contributed by atoms with Crippen LogP contribution in [0.2, 0.25) is 0 Å². The molecule has 0 radical (unpaired) electrons. The maximum atomic E-state index is 13.1. The highest BCUT2D eigenvalue weighted by Crippen LogP contribution is 2.13. The minimum Gasteiger partial charge on any atom is -0.508 e. The molecule has 1 aromatic carbocycles. The van der Waals surface area contributed by atoms with Gasteiger partial charge in [-0.15, -0.1) is 0 Å². The average Bonchev–Trinajstić information content (AvgIpc) is 2.86. The van der Waals surface area contributed by atoms with E-state index < -0.39 is 54.5 Å². The highest BCUT2D eigenvalue weighted by molar-refractivity contribution is 5.94. The SMILES string of the molecule is CCC(C)C(NC(=O)C(N)CO)C(=O)NC(CCCCN)C(=O)NC(Cc1ccc(O)cc1)C(=O)O. The molecule has 0 spiro atoms. The molecule has 202 valence electrons. The number of nitrogens with one attached hydrogen (secondary N) is 3. The number of rotatable bonds is 16. The molecule has 1 rings (SSSR count). The van der Waals surface area contributed by atoms with Crippen LogP contribution in [0.25, 0.3) is 0 Å². The second-order valence-electron chi connectivity index (χ2n) is 8.78. The third-order valence-electron chi connectivity index (χ3n) is 5.90. The third kappa shape index (κ3) is 10.2. The molecule has 0 aromatic heterocycles. The van der Waals surface area contributed by atoms with E-state index in [1.165, 1.54) is 12.1 Å². The van der Waals surface area contributed by atoms with Crippen molar-refractivity contribution in [2.45, 2.75) is 70.1 Å². The van der Waals surface area contributed by atoms with E-state index in [0.29, 0.717) is 31.4 Å². The summed E-state index contributed by atoms with van der Waals surface area (Å²) in [7, 11) is 0. The zero-order chi connectivity index (χ0) is 27.3. The van der Waals surface area contributed by atoms with Crippen molar-refractivity contribution in [1.29, 1.82) is 0 Å². The molecule has 0 saturated heterocycles. The van der Waals surface area contributed by atoms with Crippen molar-refractivity contribution in [3.63, 3.8) is 0 Å². The first kappa shape index (κ1) is 30.8. The second-order valence-corrected chi connectivity index (χ2v) is 8.78. The van der Waals surface area contributed by atoms with Crippen LogP contribution in [0.3, 0.4) is 0 Å². The van der Waals surface area contributed by atoms with E-state index in [0.717, 1.165) is 0 Å². The lowest BCUT2D eigenvalue weighted by Crippen LogP contribution is -2.59. The normalized spacial score (nSPS) is 15.1. The minimum absolute atomic E-state index is 0.0280. The van der Waals surface area contributed by atoms with Crippen molar-refractivity contribution in [1.82, 2.24) is 16.0 Å². The van der Waals surface area contributed by atoms with Crippen LogP contribution >= 0.6 is 0 Å². The summed E-state index contributed by atoms with van der Waals surface area (Å²) in [6, 6.07) is 1.37. The van der Waals surface area contributed by atoms with Gasteiger partial charge in [-0.25, -0.2) is 4.79 Å². The van der Waals surface area contributed by atoms with Gasteiger partial charge in [-0.1, -0.05) is 32.4 Å². The van der Waals surface area contributed by atoms with Crippen molar-refractivity contribution in [2.75, 3.05) is 13.2 Å². The van der Waals surface area contributed by atoms with E-state index in [1.54, 1.807) is 19.1 Å². The Kier molecular flexibility index (Phi) is 13.4. The lowest BCUT2D eigenvalue weighted by atomic mass is 9.97. The van der Waals surface area contributed by atoms with E-state index in [2.05, 4.69) is 16.0 Å². The van der Waals surface area contributed by atoms with Gasteiger partial charge in [0.15, 0.2) is 0 Å². The quantitative estimate of drug-likeness (QED) is 0.128. The number of benzene rings is 1. The Morgan fingerprint density at radius 3 is 2.08 bits per heavy atom. The lowest BCUT2D eigenvalue weighted by Gasteiger charge is -2.28. The number of hydrogen-bond donors (Lipinski definition) is 8. The average molecular weight is 510 g/mol. The van der Waals surface area contributed by atoms with E-state index in [-0.39, 0.29) is 24.5 Å². The summed E-state index contributed by atoms with van der Waals surface area (Å²) < 4.78 is 0. The van der Waals surface area contributed by atoms with Crippen LogP contribution in [-0.4, -0.2) is 76.3 Å². The molecule has 5 atom stereocenters. The molecule has 0 heterocycles. The number of aliphatic carboxylic acids is 1. The third-order valence-corrected chi connectivity index (χ3v) is 5.90. The number of carbonyl (C=O) groups is 4. The number of aromatic hydroxyl groups is 1. The highest BCUT2D eigenvalue weighted by atomic mass is 16.4. The zero-order valence-corrected chi connectivity index (χ0v) is 20.8. The number of amides is 3. The first-order valence-corrected chi connectivity index (χ1v) is 12.0. The Morgan fingerprint density at radius 2 is 1.56 bits per heavy atom. The molecular weight excluding hydrogens is 470 g/mol. The molecule has 12 heteroatoms. The fourth-order valence-electron chi connectivity index (χ4n) is 3.41. The Bertz CT molecular complexity index is 865. The first-order chi connectivity index (χ1) is 17.0. The fraction of sp³-hybridized carbons (Fsp3) is 0.583. The number of carboxylic acids is 1. The number of carbonyl (C=O) groups excluding carboxylic acids is 3. The van der Waals surface area contributed by atoms with E-state index in [9.17, 15) is 29.4 Å². The van der Waals surface area contributed by atoms with Crippen LogP contribution in [0.5, 0.6) is 5.75 Å². The predicted molar refractivity (Wildman–Crippen MR) is 133 cm³/mol. The summed E-state index contributed by atoms with van der Waals surface area (Å²) in [5, 5.41) is 35.8. The summed E-state index contributed by atoms with van der Waals surface area (Å²) in [4.78, 5) is 50.2. The van der Waals surface area contributed by atoms with Gasteiger partial charge in [0.2, 0.25) is 17.7 Å². The fourth-order valence-corrected chi connectivity index (χ4v) is 3.41. The Labute approximate surface area is 210 Å². The molecule has 0 fully saturated rings.